The van der Waals surface area contributed by atoms with Gasteiger partial charge in [0.2, 0.25) is 5.91 Å². The van der Waals surface area contributed by atoms with Crippen molar-refractivity contribution in [3.8, 4) is 0 Å². The Morgan fingerprint density at radius 1 is 1.25 bits per heavy atom. The van der Waals surface area contributed by atoms with Crippen molar-refractivity contribution < 1.29 is 4.79 Å². The van der Waals surface area contributed by atoms with E-state index in [1.54, 1.807) is 23.1 Å². The molecule has 2 aliphatic rings. The third-order valence-corrected chi connectivity index (χ3v) is 4.30. The molecule has 0 unspecified atom stereocenters. The molecule has 0 bridgehead atoms. The Hall–Kier alpha value is -1.32. The quantitative estimate of drug-likeness (QED) is 0.719. The molecule has 3 rings (SSSR count). The molecule has 0 saturated carbocycles. The predicted molar refractivity (Wildman–Crippen MR) is 82.7 cm³/mol. The Morgan fingerprint density at radius 3 is 2.75 bits per heavy atom. The summed E-state index contributed by atoms with van der Waals surface area (Å²) in [4.78, 5) is 19.0. The van der Waals surface area contributed by atoms with Crippen molar-refractivity contribution in [1.29, 1.82) is 0 Å². The number of fused-ring (bicyclic) bond motifs is 1. The molecule has 1 aromatic carbocycles. The highest BCUT2D eigenvalue weighted by atomic mass is 35.5. The van der Waals surface area contributed by atoms with Crippen LogP contribution in [0.5, 0.6) is 0 Å². The monoisotopic (exact) mass is 308 g/mol. The lowest BCUT2D eigenvalue weighted by Gasteiger charge is -2.36. The van der Waals surface area contributed by atoms with E-state index in [0.29, 0.717) is 21.6 Å². The van der Waals surface area contributed by atoms with Crippen LogP contribution in [0.1, 0.15) is 19.8 Å². The predicted octanol–water partition coefficient (Wildman–Crippen LogP) is 4.09. The van der Waals surface area contributed by atoms with Crippen LogP contribution in [-0.4, -0.2) is 17.8 Å². The van der Waals surface area contributed by atoms with Gasteiger partial charge in [0.15, 0.2) is 0 Å². The summed E-state index contributed by atoms with van der Waals surface area (Å²) in [7, 11) is 0. The fourth-order valence-electron chi connectivity index (χ4n) is 2.79. The number of amides is 1. The van der Waals surface area contributed by atoms with Gasteiger partial charge in [0.25, 0.3) is 0 Å². The third-order valence-electron chi connectivity index (χ3n) is 3.76. The lowest BCUT2D eigenvalue weighted by atomic mass is 9.86. The first-order valence-electron chi connectivity index (χ1n) is 6.56. The normalized spacial score (nSPS) is 25.4. The maximum absolute atomic E-state index is 12.7. The fourth-order valence-corrected chi connectivity index (χ4v) is 3.28. The molecular weight excluding hydrogens is 295 g/mol. The number of hydrogen-bond donors (Lipinski definition) is 0. The Balaban J connectivity index is 2.03. The van der Waals surface area contributed by atoms with Crippen LogP contribution in [0.3, 0.4) is 0 Å². The minimum atomic E-state index is -0.0876. The summed E-state index contributed by atoms with van der Waals surface area (Å²) in [6.45, 7) is 1.84. The van der Waals surface area contributed by atoms with Crippen LogP contribution in [0.25, 0.3) is 0 Å². The van der Waals surface area contributed by atoms with E-state index in [1.807, 2.05) is 6.92 Å². The zero-order valence-electron chi connectivity index (χ0n) is 11.0. The molecule has 1 aliphatic heterocycles. The molecule has 0 fully saturated rings. The molecule has 0 saturated heterocycles. The summed E-state index contributed by atoms with van der Waals surface area (Å²) in [5, 5.41) is 1.02. The molecule has 1 amide bonds. The van der Waals surface area contributed by atoms with Crippen molar-refractivity contribution in [2.75, 3.05) is 4.90 Å². The van der Waals surface area contributed by atoms with E-state index in [9.17, 15) is 4.79 Å². The third kappa shape index (κ3) is 2.25. The molecule has 1 heterocycles. The van der Waals surface area contributed by atoms with Crippen LogP contribution in [0.15, 0.2) is 35.3 Å². The summed E-state index contributed by atoms with van der Waals surface area (Å²) in [6, 6.07) is 5.21. The first kappa shape index (κ1) is 13.7. The molecule has 5 heteroatoms. The van der Waals surface area contributed by atoms with Crippen LogP contribution in [0, 0.1) is 5.92 Å². The zero-order valence-corrected chi connectivity index (χ0v) is 12.5. The van der Waals surface area contributed by atoms with Gasteiger partial charge in [0, 0.05) is 5.02 Å². The van der Waals surface area contributed by atoms with E-state index in [1.165, 1.54) is 0 Å². The number of allylic oxidation sites excluding steroid dienone is 1. The second-order valence-electron chi connectivity index (χ2n) is 5.06. The lowest BCUT2D eigenvalue weighted by Crippen LogP contribution is -2.48. The summed E-state index contributed by atoms with van der Waals surface area (Å²) >= 11 is 12.1. The van der Waals surface area contributed by atoms with Gasteiger partial charge in [-0.05, 0) is 38.0 Å². The highest BCUT2D eigenvalue weighted by molar-refractivity contribution is 6.38. The smallest absolute Gasteiger partial charge is 0.238 e. The highest BCUT2D eigenvalue weighted by Gasteiger charge is 2.38. The standard InChI is InChI=1S/C15H14Cl2N2O/c1-9-18-13-5-3-2-4-11(13)15(20)19(9)14-7-6-10(16)8-12(14)17/h2-3,6-8,11,13H,4-5H2,1H3/t11-,13+/m1/s1. The first-order valence-corrected chi connectivity index (χ1v) is 7.32. The van der Waals surface area contributed by atoms with Crippen molar-refractivity contribution in [3.05, 3.63) is 40.4 Å². The maximum Gasteiger partial charge on any atom is 0.238 e. The van der Waals surface area contributed by atoms with Crippen LogP contribution in [0.4, 0.5) is 5.69 Å². The van der Waals surface area contributed by atoms with Crippen molar-refractivity contribution in [1.82, 2.24) is 0 Å². The molecule has 2 atom stereocenters. The van der Waals surface area contributed by atoms with Gasteiger partial charge in [-0.25, -0.2) is 0 Å². The molecule has 0 N–H and O–H groups in total. The Bertz CT molecular complexity index is 624. The number of aliphatic imine (C=N–C) groups is 1. The number of halogens is 2. The van der Waals surface area contributed by atoms with Crippen LogP contribution >= 0.6 is 23.2 Å². The minimum Gasteiger partial charge on any atom is -0.274 e. The molecular formula is C15H14Cl2N2O. The summed E-state index contributed by atoms with van der Waals surface area (Å²) < 4.78 is 0. The summed E-state index contributed by atoms with van der Waals surface area (Å²) in [5.41, 5.74) is 0.648. The van der Waals surface area contributed by atoms with Gasteiger partial charge in [0.05, 0.1) is 22.7 Å². The fraction of sp³-hybridized carbons (Fsp3) is 0.333. The largest absolute Gasteiger partial charge is 0.274 e. The number of carbonyl (C=O) groups excluding carboxylic acids is 1. The van der Waals surface area contributed by atoms with Crippen LogP contribution in [-0.2, 0) is 4.79 Å². The lowest BCUT2D eigenvalue weighted by molar-refractivity contribution is -0.122. The number of benzene rings is 1. The number of anilines is 1. The van der Waals surface area contributed by atoms with Crippen LogP contribution < -0.4 is 4.90 Å². The summed E-state index contributed by atoms with van der Waals surface area (Å²) in [5.74, 6) is 0.669. The van der Waals surface area contributed by atoms with Gasteiger partial charge in [0.1, 0.15) is 5.84 Å². The molecule has 0 aromatic heterocycles. The Kier molecular flexibility index (Phi) is 3.57. The topological polar surface area (TPSA) is 32.7 Å². The van der Waals surface area contributed by atoms with Gasteiger partial charge < -0.3 is 0 Å². The number of amidine groups is 1. The van der Waals surface area contributed by atoms with E-state index in [2.05, 4.69) is 17.1 Å². The molecule has 20 heavy (non-hydrogen) atoms. The highest BCUT2D eigenvalue weighted by Crippen LogP contribution is 2.35. The summed E-state index contributed by atoms with van der Waals surface area (Å²) in [6.07, 6.45) is 5.71. The Labute approximate surface area is 127 Å². The van der Waals surface area contributed by atoms with Crippen molar-refractivity contribution in [2.24, 2.45) is 10.9 Å². The van der Waals surface area contributed by atoms with Gasteiger partial charge in [-0.2, -0.15) is 0 Å². The average Bonchev–Trinajstić information content (AvgIpc) is 2.41. The number of hydrogen-bond acceptors (Lipinski definition) is 2. The van der Waals surface area contributed by atoms with E-state index >= 15 is 0 Å². The second-order valence-corrected chi connectivity index (χ2v) is 5.91. The van der Waals surface area contributed by atoms with Crippen molar-refractivity contribution in [2.45, 2.75) is 25.8 Å². The molecule has 1 aromatic rings. The maximum atomic E-state index is 12.7. The van der Waals surface area contributed by atoms with Crippen LogP contribution in [0.2, 0.25) is 10.0 Å². The van der Waals surface area contributed by atoms with E-state index in [-0.39, 0.29) is 17.9 Å². The minimum absolute atomic E-state index is 0.0647. The molecule has 0 radical (unpaired) electrons. The SMILES string of the molecule is CC1=N[C@H]2CC=CC[C@H]2C(=O)N1c1ccc(Cl)cc1Cl. The number of nitrogens with zero attached hydrogens (tertiary/aromatic N) is 2. The van der Waals surface area contributed by atoms with Gasteiger partial charge >= 0.3 is 0 Å². The molecule has 0 spiro atoms. The van der Waals surface area contributed by atoms with E-state index in [0.717, 1.165) is 12.8 Å². The second kappa shape index (κ2) is 5.23. The molecule has 3 nitrogen and oxygen atoms in total. The van der Waals surface area contributed by atoms with Crippen molar-refractivity contribution >= 4 is 40.6 Å². The molecule has 104 valence electrons. The molecule has 1 aliphatic carbocycles. The van der Waals surface area contributed by atoms with E-state index in [4.69, 9.17) is 23.2 Å². The van der Waals surface area contributed by atoms with Gasteiger partial charge in [-0.15, -0.1) is 0 Å². The first-order chi connectivity index (χ1) is 9.58. The number of rotatable bonds is 1. The number of carbonyl (C=O) groups is 1. The average molecular weight is 309 g/mol. The van der Waals surface area contributed by atoms with Gasteiger partial charge in [-0.1, -0.05) is 35.4 Å². The van der Waals surface area contributed by atoms with Crippen molar-refractivity contribution in [3.63, 3.8) is 0 Å². The zero-order chi connectivity index (χ0) is 14.3. The van der Waals surface area contributed by atoms with Gasteiger partial charge in [-0.3, -0.25) is 14.7 Å². The Morgan fingerprint density at radius 2 is 2.00 bits per heavy atom. The van der Waals surface area contributed by atoms with E-state index < -0.39 is 0 Å².